The zero-order chi connectivity index (χ0) is 23.2. The van der Waals surface area contributed by atoms with Gasteiger partial charge in [0.1, 0.15) is 5.75 Å². The quantitative estimate of drug-likeness (QED) is 0.439. The molecule has 0 radical (unpaired) electrons. The summed E-state index contributed by atoms with van der Waals surface area (Å²) in [6.45, 7) is 0.390. The summed E-state index contributed by atoms with van der Waals surface area (Å²) in [5.74, 6) is 2.29. The summed E-state index contributed by atoms with van der Waals surface area (Å²) in [6, 6.07) is 16.0. The molecule has 0 amide bonds. The lowest BCUT2D eigenvalue weighted by molar-refractivity contribution is 0.0947. The van der Waals surface area contributed by atoms with Gasteiger partial charge < -0.3 is 19.5 Å². The van der Waals surface area contributed by atoms with Crippen LogP contribution >= 0.6 is 0 Å². The highest BCUT2D eigenvalue weighted by molar-refractivity contribution is 5.97. The molecule has 0 aliphatic carbocycles. The number of anilines is 1. The molecule has 0 saturated heterocycles. The summed E-state index contributed by atoms with van der Waals surface area (Å²) in [4.78, 5) is 21.9. The van der Waals surface area contributed by atoms with E-state index in [9.17, 15) is 4.79 Å². The number of methoxy groups -OCH3 is 3. The Bertz CT molecular complexity index is 1240. The predicted octanol–water partition coefficient (Wildman–Crippen LogP) is 3.67. The van der Waals surface area contributed by atoms with Crippen LogP contribution in [-0.4, -0.2) is 47.0 Å². The first-order chi connectivity index (χ1) is 16.1. The van der Waals surface area contributed by atoms with E-state index in [1.807, 2.05) is 24.3 Å². The summed E-state index contributed by atoms with van der Waals surface area (Å²) in [5.41, 5.74) is 2.07. The van der Waals surface area contributed by atoms with E-state index in [-0.39, 0.29) is 5.91 Å². The Balaban J connectivity index is 1.65. The third-order valence-electron chi connectivity index (χ3n) is 4.95. The Morgan fingerprint density at radius 2 is 1.76 bits per heavy atom. The van der Waals surface area contributed by atoms with Crippen LogP contribution in [0, 0.1) is 0 Å². The van der Waals surface area contributed by atoms with Crippen molar-refractivity contribution >= 4 is 11.9 Å². The number of carbonyl (C=O) groups excluding carboxylic acids is 1. The highest BCUT2D eigenvalue weighted by Crippen LogP contribution is 2.28. The zero-order valence-electron chi connectivity index (χ0n) is 18.5. The average Bonchev–Trinajstić information content (AvgIpc) is 3.31. The first-order valence-corrected chi connectivity index (χ1v) is 10.1. The third-order valence-corrected chi connectivity index (χ3v) is 4.95. The largest absolute Gasteiger partial charge is 0.497 e. The lowest BCUT2D eigenvalue weighted by Gasteiger charge is -2.11. The number of nitrogens with one attached hydrogen (secondary N) is 1. The molecule has 9 nitrogen and oxygen atoms in total. The lowest BCUT2D eigenvalue weighted by atomic mass is 10.2. The Morgan fingerprint density at radius 1 is 0.970 bits per heavy atom. The van der Waals surface area contributed by atoms with Crippen molar-refractivity contribution in [2.75, 3.05) is 26.6 Å². The number of benzene rings is 2. The molecule has 0 bridgehead atoms. The van der Waals surface area contributed by atoms with Gasteiger partial charge in [-0.15, -0.1) is 5.10 Å². The van der Waals surface area contributed by atoms with Gasteiger partial charge in [-0.1, -0.05) is 6.07 Å². The smallest absolute Gasteiger partial charge is 0.281 e. The molecule has 4 aromatic rings. The zero-order valence-corrected chi connectivity index (χ0v) is 18.5. The maximum absolute atomic E-state index is 13.2. The van der Waals surface area contributed by atoms with E-state index in [4.69, 9.17) is 14.2 Å². The van der Waals surface area contributed by atoms with E-state index in [2.05, 4.69) is 20.4 Å². The Hall–Kier alpha value is -4.40. The Labute approximate surface area is 191 Å². The maximum Gasteiger partial charge on any atom is 0.281 e. The van der Waals surface area contributed by atoms with E-state index in [0.717, 1.165) is 5.56 Å². The number of hydrogen-bond donors (Lipinski definition) is 1. The molecular formula is C24H23N5O4. The molecule has 2 heterocycles. The molecular weight excluding hydrogens is 422 g/mol. The van der Waals surface area contributed by atoms with Gasteiger partial charge in [0.15, 0.2) is 17.3 Å². The van der Waals surface area contributed by atoms with Gasteiger partial charge in [0.2, 0.25) is 5.95 Å². The fraction of sp³-hybridized carbons (Fsp3) is 0.167. The molecule has 2 aromatic heterocycles. The van der Waals surface area contributed by atoms with Crippen molar-refractivity contribution in [1.29, 1.82) is 0 Å². The molecule has 0 aliphatic rings. The summed E-state index contributed by atoms with van der Waals surface area (Å²) >= 11 is 0. The summed E-state index contributed by atoms with van der Waals surface area (Å²) in [7, 11) is 4.74. The third kappa shape index (κ3) is 4.77. The van der Waals surface area contributed by atoms with Gasteiger partial charge in [-0.2, -0.15) is 9.67 Å². The number of pyridine rings is 1. The van der Waals surface area contributed by atoms with Crippen molar-refractivity contribution in [2.24, 2.45) is 0 Å². The summed E-state index contributed by atoms with van der Waals surface area (Å²) in [6.07, 6.45) is 3.31. The predicted molar refractivity (Wildman–Crippen MR) is 123 cm³/mol. The number of hydrogen-bond acceptors (Lipinski definition) is 8. The van der Waals surface area contributed by atoms with Gasteiger partial charge in [0.25, 0.3) is 5.91 Å². The average molecular weight is 445 g/mol. The van der Waals surface area contributed by atoms with Crippen LogP contribution in [0.5, 0.6) is 17.2 Å². The van der Waals surface area contributed by atoms with E-state index < -0.39 is 0 Å². The van der Waals surface area contributed by atoms with Crippen LogP contribution in [0.25, 0.3) is 11.4 Å². The molecule has 0 aliphatic heterocycles. The van der Waals surface area contributed by atoms with Crippen molar-refractivity contribution in [1.82, 2.24) is 19.7 Å². The van der Waals surface area contributed by atoms with Crippen LogP contribution < -0.4 is 19.5 Å². The van der Waals surface area contributed by atoms with Crippen LogP contribution in [0.4, 0.5) is 5.95 Å². The molecule has 9 heteroatoms. The lowest BCUT2D eigenvalue weighted by Crippen LogP contribution is -2.17. The van der Waals surface area contributed by atoms with Crippen LogP contribution in [0.2, 0.25) is 0 Å². The van der Waals surface area contributed by atoms with E-state index in [0.29, 0.717) is 46.7 Å². The molecule has 168 valence electrons. The Kier molecular flexibility index (Phi) is 6.49. The molecule has 0 atom stereocenters. The standard InChI is InChI=1S/C24H23N5O4/c1-31-19-9-7-17(8-10-19)23(30)29-24(27-22(28-29)18-5-4-12-25-15-18)26-14-16-6-11-20(32-2)21(13-16)33-3/h4-13,15H,14H2,1-3H3,(H,26,27,28). The molecule has 4 rings (SSSR count). The minimum atomic E-state index is -0.324. The topological polar surface area (TPSA) is 100 Å². The van der Waals surface area contributed by atoms with Gasteiger partial charge in [0, 0.05) is 30.1 Å². The fourth-order valence-corrected chi connectivity index (χ4v) is 3.21. The van der Waals surface area contributed by atoms with Crippen LogP contribution in [0.1, 0.15) is 15.9 Å². The Morgan fingerprint density at radius 3 is 2.42 bits per heavy atom. The van der Waals surface area contributed by atoms with Gasteiger partial charge >= 0.3 is 0 Å². The molecule has 0 spiro atoms. The normalized spacial score (nSPS) is 10.5. The second-order valence-electron chi connectivity index (χ2n) is 6.99. The highest BCUT2D eigenvalue weighted by Gasteiger charge is 2.19. The SMILES string of the molecule is COc1ccc(C(=O)n2nc(-c3cccnc3)nc2NCc2ccc(OC)c(OC)c2)cc1. The monoisotopic (exact) mass is 445 g/mol. The van der Waals surface area contributed by atoms with Crippen molar-refractivity contribution in [3.63, 3.8) is 0 Å². The molecule has 1 N–H and O–H groups in total. The van der Waals surface area contributed by atoms with Crippen molar-refractivity contribution in [3.05, 3.63) is 78.1 Å². The highest BCUT2D eigenvalue weighted by atomic mass is 16.5. The van der Waals surface area contributed by atoms with Crippen molar-refractivity contribution in [3.8, 4) is 28.6 Å². The van der Waals surface area contributed by atoms with Crippen LogP contribution in [0.3, 0.4) is 0 Å². The van der Waals surface area contributed by atoms with Gasteiger partial charge in [-0.05, 0) is 54.1 Å². The van der Waals surface area contributed by atoms with Gasteiger partial charge in [-0.3, -0.25) is 9.78 Å². The maximum atomic E-state index is 13.2. The van der Waals surface area contributed by atoms with Crippen molar-refractivity contribution < 1.29 is 19.0 Å². The summed E-state index contributed by atoms with van der Waals surface area (Å²) < 4.78 is 17.1. The molecule has 33 heavy (non-hydrogen) atoms. The van der Waals surface area contributed by atoms with Crippen molar-refractivity contribution in [2.45, 2.75) is 6.54 Å². The second kappa shape index (κ2) is 9.82. The first-order valence-electron chi connectivity index (χ1n) is 10.1. The molecule has 2 aromatic carbocycles. The number of rotatable bonds is 8. The van der Waals surface area contributed by atoms with E-state index in [1.54, 1.807) is 64.1 Å². The van der Waals surface area contributed by atoms with Gasteiger partial charge in [0.05, 0.1) is 21.3 Å². The number of nitrogens with zero attached hydrogens (tertiary/aromatic N) is 4. The minimum absolute atomic E-state index is 0.310. The van der Waals surface area contributed by atoms with Gasteiger partial charge in [-0.25, -0.2) is 0 Å². The number of carbonyl (C=O) groups is 1. The molecule has 0 unspecified atom stereocenters. The van der Waals surface area contributed by atoms with E-state index >= 15 is 0 Å². The molecule has 0 saturated carbocycles. The van der Waals surface area contributed by atoms with Crippen LogP contribution in [-0.2, 0) is 6.54 Å². The van der Waals surface area contributed by atoms with Crippen LogP contribution in [0.15, 0.2) is 67.0 Å². The number of ether oxygens (including phenoxy) is 3. The summed E-state index contributed by atoms with van der Waals surface area (Å²) in [5, 5.41) is 7.66. The fourth-order valence-electron chi connectivity index (χ4n) is 3.21. The first kappa shape index (κ1) is 21.8. The number of aromatic nitrogens is 4. The second-order valence-corrected chi connectivity index (χ2v) is 6.99. The molecule has 0 fully saturated rings. The van der Waals surface area contributed by atoms with E-state index in [1.165, 1.54) is 4.68 Å². The minimum Gasteiger partial charge on any atom is -0.497 e.